The quantitative estimate of drug-likeness (QED) is 0.359. The second-order valence-electron chi connectivity index (χ2n) is 15.1. The van der Waals surface area contributed by atoms with E-state index < -0.39 is 0 Å². The average Bonchev–Trinajstić information content (AvgIpc) is 3.13. The van der Waals surface area contributed by atoms with Crippen molar-refractivity contribution in [2.24, 2.45) is 56.7 Å². The third-order valence-corrected chi connectivity index (χ3v) is 14.2. The highest BCUT2D eigenvalue weighted by molar-refractivity contribution is 5.76. The number of fused-ring (bicyclic) bond motifs is 6. The maximum Gasteiger partial charge on any atom is 0.309 e. The molecule has 0 bridgehead atoms. The zero-order valence-corrected chi connectivity index (χ0v) is 22.0. The molecule has 6 fully saturated rings. The lowest BCUT2D eigenvalue weighted by molar-refractivity contribution is -0.266. The first-order valence-electron chi connectivity index (χ1n) is 14.1. The Hall–Kier alpha value is -0.530. The van der Waals surface area contributed by atoms with Crippen LogP contribution in [0.25, 0.3) is 0 Å². The lowest BCUT2D eigenvalue weighted by atomic mass is 9.31. The third kappa shape index (κ3) is 2.19. The maximum absolute atomic E-state index is 12.7. The Labute approximate surface area is 197 Å². The summed E-state index contributed by atoms with van der Waals surface area (Å²) in [6.07, 6.45) is 14.7. The first-order valence-corrected chi connectivity index (χ1v) is 14.1. The Kier molecular flexibility index (Phi) is 4.24. The molecule has 0 aromatic heterocycles. The first kappa shape index (κ1) is 22.0. The molecule has 0 amide bonds. The first-order chi connectivity index (χ1) is 14.9. The van der Waals surface area contributed by atoms with Crippen LogP contribution in [0.3, 0.4) is 0 Å². The molecule has 1 saturated heterocycles. The van der Waals surface area contributed by atoms with Gasteiger partial charge in [0.15, 0.2) is 0 Å². The van der Waals surface area contributed by atoms with Crippen molar-refractivity contribution < 1.29 is 9.53 Å². The second kappa shape index (κ2) is 6.17. The van der Waals surface area contributed by atoms with Crippen LogP contribution < -0.4 is 0 Å². The molecule has 0 N–H and O–H groups in total. The Morgan fingerprint density at radius 2 is 1.34 bits per heavy atom. The molecule has 1 unspecified atom stereocenters. The van der Waals surface area contributed by atoms with Crippen LogP contribution >= 0.6 is 0 Å². The highest BCUT2D eigenvalue weighted by Crippen LogP contribution is 2.79. The van der Waals surface area contributed by atoms with E-state index in [9.17, 15) is 4.79 Å². The molecule has 1 aliphatic heterocycles. The molecular weight excluding hydrogens is 392 g/mol. The topological polar surface area (TPSA) is 26.3 Å². The van der Waals surface area contributed by atoms with Crippen LogP contribution in [-0.4, -0.2) is 11.6 Å². The molecule has 32 heavy (non-hydrogen) atoms. The summed E-state index contributed by atoms with van der Waals surface area (Å²) < 4.78 is 6.45. The van der Waals surface area contributed by atoms with E-state index in [2.05, 4.69) is 48.5 Å². The van der Waals surface area contributed by atoms with Crippen molar-refractivity contribution in [1.82, 2.24) is 0 Å². The molecule has 0 aromatic rings. The van der Waals surface area contributed by atoms with E-state index in [1.165, 1.54) is 64.2 Å². The van der Waals surface area contributed by atoms with Gasteiger partial charge in [-0.05, 0) is 104 Å². The van der Waals surface area contributed by atoms with Gasteiger partial charge in [0.2, 0.25) is 0 Å². The number of hydrogen-bond donors (Lipinski definition) is 0. The lowest BCUT2D eigenvalue weighted by Gasteiger charge is -2.73. The van der Waals surface area contributed by atoms with E-state index in [4.69, 9.17) is 4.74 Å². The van der Waals surface area contributed by atoms with E-state index in [1.54, 1.807) is 0 Å². The highest BCUT2D eigenvalue weighted by atomic mass is 16.6. The molecule has 0 aromatic carbocycles. The minimum atomic E-state index is -0.162. The molecule has 2 nitrogen and oxygen atoms in total. The van der Waals surface area contributed by atoms with Gasteiger partial charge in [0.05, 0.1) is 5.92 Å². The third-order valence-electron chi connectivity index (χ3n) is 14.2. The summed E-state index contributed by atoms with van der Waals surface area (Å²) in [6, 6.07) is 0. The molecule has 2 heteroatoms. The Balaban J connectivity index is 1.41. The number of ether oxygens (including phenoxy) is 1. The zero-order valence-electron chi connectivity index (χ0n) is 22.0. The summed E-state index contributed by atoms with van der Waals surface area (Å²) in [5.41, 5.74) is 1.81. The largest absolute Gasteiger partial charge is 0.458 e. The van der Waals surface area contributed by atoms with Crippen LogP contribution in [-0.2, 0) is 9.53 Å². The number of rotatable bonds is 0. The minimum Gasteiger partial charge on any atom is -0.458 e. The number of hydrogen-bond acceptors (Lipinski definition) is 2. The smallest absolute Gasteiger partial charge is 0.309 e. The van der Waals surface area contributed by atoms with Gasteiger partial charge in [0.1, 0.15) is 5.60 Å². The van der Waals surface area contributed by atoms with E-state index in [0.717, 1.165) is 18.3 Å². The molecule has 0 radical (unpaired) electrons. The van der Waals surface area contributed by atoms with Crippen molar-refractivity contribution in [3.8, 4) is 0 Å². The van der Waals surface area contributed by atoms with E-state index >= 15 is 0 Å². The van der Waals surface area contributed by atoms with E-state index in [1.807, 2.05) is 0 Å². The molecule has 1 spiro atoms. The summed E-state index contributed by atoms with van der Waals surface area (Å²) in [5.74, 6) is 3.11. The van der Waals surface area contributed by atoms with Crippen LogP contribution in [0.15, 0.2) is 0 Å². The van der Waals surface area contributed by atoms with Gasteiger partial charge in [-0.25, -0.2) is 0 Å². The molecular formula is C30H48O2. The van der Waals surface area contributed by atoms with Crippen LogP contribution in [0, 0.1) is 56.7 Å². The van der Waals surface area contributed by atoms with Gasteiger partial charge in [0.25, 0.3) is 0 Å². The van der Waals surface area contributed by atoms with Gasteiger partial charge in [-0.2, -0.15) is 0 Å². The molecule has 1 heterocycles. The summed E-state index contributed by atoms with van der Waals surface area (Å²) in [7, 11) is 0. The van der Waals surface area contributed by atoms with E-state index in [0.29, 0.717) is 33.5 Å². The Morgan fingerprint density at radius 1 is 0.688 bits per heavy atom. The Bertz CT molecular complexity index is 846. The van der Waals surface area contributed by atoms with Crippen molar-refractivity contribution in [1.29, 1.82) is 0 Å². The predicted octanol–water partition coefficient (Wildman–Crippen LogP) is 7.79. The van der Waals surface area contributed by atoms with Crippen LogP contribution in [0.2, 0.25) is 0 Å². The lowest BCUT2D eigenvalue weighted by Crippen LogP contribution is -2.68. The summed E-state index contributed by atoms with van der Waals surface area (Å²) in [6.45, 7) is 18.0. The molecule has 10 atom stereocenters. The van der Waals surface area contributed by atoms with Gasteiger partial charge in [-0.1, -0.05) is 54.9 Å². The summed E-state index contributed by atoms with van der Waals surface area (Å²) in [4.78, 5) is 12.7. The number of esters is 1. The number of carbonyl (C=O) groups excluding carboxylic acids is 1. The van der Waals surface area contributed by atoms with Gasteiger partial charge >= 0.3 is 5.97 Å². The maximum atomic E-state index is 12.7. The van der Waals surface area contributed by atoms with Crippen molar-refractivity contribution in [2.45, 2.75) is 125 Å². The van der Waals surface area contributed by atoms with Gasteiger partial charge < -0.3 is 4.74 Å². The fraction of sp³-hybridized carbons (Fsp3) is 0.967. The molecule has 5 aliphatic carbocycles. The van der Waals surface area contributed by atoms with Gasteiger partial charge in [0, 0.05) is 11.3 Å². The van der Waals surface area contributed by atoms with Gasteiger partial charge in [-0.15, -0.1) is 0 Å². The van der Waals surface area contributed by atoms with E-state index in [-0.39, 0.29) is 22.9 Å². The molecule has 180 valence electrons. The van der Waals surface area contributed by atoms with Crippen LogP contribution in [0.1, 0.15) is 119 Å². The van der Waals surface area contributed by atoms with Crippen LogP contribution in [0.5, 0.6) is 0 Å². The SMILES string of the molecule is C[C@H]1C(=O)O[C@]23CC[C@]4(C)[C@@H](CC[C@@H]5[C@@]6(C)CCCC(C)(C)C6CC[C@]54C)[C@@]2(C)CC[C@H]13. The average molecular weight is 441 g/mol. The monoisotopic (exact) mass is 440 g/mol. The predicted molar refractivity (Wildman–Crippen MR) is 129 cm³/mol. The molecule has 6 rings (SSSR count). The van der Waals surface area contributed by atoms with Crippen molar-refractivity contribution in [2.75, 3.05) is 0 Å². The Morgan fingerprint density at radius 3 is 2.09 bits per heavy atom. The van der Waals surface area contributed by atoms with Crippen molar-refractivity contribution >= 4 is 5.97 Å². The highest BCUT2D eigenvalue weighted by Gasteiger charge is 2.76. The fourth-order valence-electron chi connectivity index (χ4n) is 12.6. The molecule has 6 aliphatic rings. The zero-order chi connectivity index (χ0) is 22.9. The summed E-state index contributed by atoms with van der Waals surface area (Å²) >= 11 is 0. The molecule has 5 saturated carbocycles. The van der Waals surface area contributed by atoms with Crippen LogP contribution in [0.4, 0.5) is 0 Å². The number of carbonyl (C=O) groups is 1. The standard InChI is InChI=1S/C30H48O2/c1-19-20-11-15-29(7)23-10-9-22-26(4)14-8-13-25(2,3)21(26)12-16-27(22,5)28(23,6)17-18-30(20,29)32-24(19)31/h19-23H,8-18H2,1-7H3/t19-,20-,21?,22-,23-,26+,27-,28-,29-,30+/m1/s1. The normalized spacial score (nSPS) is 60.5. The second-order valence-corrected chi connectivity index (χ2v) is 15.1. The van der Waals surface area contributed by atoms with Gasteiger partial charge in [-0.3, -0.25) is 4.79 Å². The summed E-state index contributed by atoms with van der Waals surface area (Å²) in [5, 5.41) is 0. The van der Waals surface area contributed by atoms with Crippen molar-refractivity contribution in [3.63, 3.8) is 0 Å². The minimum absolute atomic E-state index is 0.0990. The fourth-order valence-corrected chi connectivity index (χ4v) is 12.6. The van der Waals surface area contributed by atoms with Crippen molar-refractivity contribution in [3.05, 3.63) is 0 Å².